The molecule has 1 amide bonds. The molecule has 2 heterocycles. The maximum Gasteiger partial charge on any atom is 0.274 e. The zero-order valence-corrected chi connectivity index (χ0v) is 14.4. The van der Waals surface area contributed by atoms with Crippen LogP contribution in [-0.2, 0) is 6.42 Å². The molecule has 8 nitrogen and oxygen atoms in total. The van der Waals surface area contributed by atoms with Gasteiger partial charge in [-0.3, -0.25) is 19.3 Å². The molecule has 8 heteroatoms. The van der Waals surface area contributed by atoms with Gasteiger partial charge in [0.15, 0.2) is 0 Å². The number of rotatable bonds is 5. The molecule has 1 aromatic carbocycles. The molecule has 0 spiro atoms. The van der Waals surface area contributed by atoms with Crippen LogP contribution < -0.4 is 5.32 Å². The van der Waals surface area contributed by atoms with Crippen LogP contribution in [0.4, 0.5) is 11.4 Å². The van der Waals surface area contributed by atoms with Crippen molar-refractivity contribution in [2.45, 2.75) is 26.7 Å². The number of phenolic OH excluding ortho intramolecular Hbond substituents is 1. The van der Waals surface area contributed by atoms with Crippen molar-refractivity contribution in [1.82, 2.24) is 9.38 Å². The number of nitrogens with zero attached hydrogens (tertiary/aromatic N) is 3. The van der Waals surface area contributed by atoms with Gasteiger partial charge in [-0.2, -0.15) is 0 Å². The first-order valence-electron chi connectivity index (χ1n) is 8.17. The second-order valence-electron chi connectivity index (χ2n) is 6.00. The molecule has 0 radical (unpaired) electrons. The van der Waals surface area contributed by atoms with Crippen LogP contribution in [0.1, 0.15) is 35.1 Å². The molecule has 3 rings (SSSR count). The van der Waals surface area contributed by atoms with Crippen LogP contribution in [0.5, 0.6) is 5.75 Å². The maximum atomic E-state index is 12.9. The highest BCUT2D eigenvalue weighted by Crippen LogP contribution is 2.28. The van der Waals surface area contributed by atoms with Gasteiger partial charge in [0.2, 0.25) is 0 Å². The average molecular weight is 354 g/mol. The number of non-ortho nitro benzene ring substituents is 1. The van der Waals surface area contributed by atoms with Gasteiger partial charge in [0.05, 0.1) is 16.3 Å². The molecule has 0 bridgehead atoms. The van der Waals surface area contributed by atoms with E-state index in [2.05, 4.69) is 10.3 Å². The number of fused-ring (bicyclic) bond motifs is 1. The Balaban J connectivity index is 2.04. The minimum absolute atomic E-state index is 0.0197. The molecule has 2 N–H and O–H groups in total. The highest BCUT2D eigenvalue weighted by molar-refractivity contribution is 6.05. The molecule has 0 aliphatic heterocycles. The normalized spacial score (nSPS) is 10.8. The van der Waals surface area contributed by atoms with Crippen molar-refractivity contribution in [3.05, 3.63) is 63.6 Å². The Morgan fingerprint density at radius 1 is 1.35 bits per heavy atom. The third-order valence-electron chi connectivity index (χ3n) is 3.99. The Hall–Kier alpha value is -3.42. The number of hydrogen-bond acceptors (Lipinski definition) is 5. The highest BCUT2D eigenvalue weighted by Gasteiger charge is 2.21. The molecule has 0 saturated heterocycles. The van der Waals surface area contributed by atoms with E-state index < -0.39 is 10.8 Å². The third-order valence-corrected chi connectivity index (χ3v) is 3.99. The molecule has 26 heavy (non-hydrogen) atoms. The SMILES string of the molecule is CCCc1nc2cc(C)ccn2c1C(=O)Nc1cc([N+](=O)[O-])ccc1O. The molecule has 0 atom stereocenters. The number of hydrogen-bond donors (Lipinski definition) is 2. The van der Waals surface area contributed by atoms with Gasteiger partial charge in [0.1, 0.15) is 17.1 Å². The minimum Gasteiger partial charge on any atom is -0.506 e. The van der Waals surface area contributed by atoms with Crippen LogP contribution in [0.15, 0.2) is 36.5 Å². The predicted octanol–water partition coefficient (Wildman–Crippen LogP) is 3.46. The predicted molar refractivity (Wildman–Crippen MR) is 96.6 cm³/mol. The quantitative estimate of drug-likeness (QED) is 0.414. The molecule has 0 fully saturated rings. The number of aryl methyl sites for hydroxylation is 2. The molecular formula is C18H18N4O4. The Labute approximate surface area is 149 Å². The molecule has 0 unspecified atom stereocenters. The van der Waals surface area contributed by atoms with E-state index >= 15 is 0 Å². The Kier molecular flexibility index (Phi) is 4.57. The maximum absolute atomic E-state index is 12.9. The zero-order valence-electron chi connectivity index (χ0n) is 14.4. The zero-order chi connectivity index (χ0) is 18.8. The Bertz CT molecular complexity index is 1010. The van der Waals surface area contributed by atoms with E-state index in [0.717, 1.165) is 18.1 Å². The first-order chi connectivity index (χ1) is 12.4. The number of carbonyl (C=O) groups excluding carboxylic acids is 1. The molecular weight excluding hydrogens is 336 g/mol. The number of nitro groups is 1. The van der Waals surface area contributed by atoms with Crippen LogP contribution in [0.2, 0.25) is 0 Å². The summed E-state index contributed by atoms with van der Waals surface area (Å²) < 4.78 is 1.68. The third kappa shape index (κ3) is 3.21. The van der Waals surface area contributed by atoms with Crippen LogP contribution in [0.3, 0.4) is 0 Å². The number of imidazole rings is 1. The summed E-state index contributed by atoms with van der Waals surface area (Å²) in [7, 11) is 0. The molecule has 2 aromatic heterocycles. The molecule has 0 saturated carbocycles. The van der Waals surface area contributed by atoms with E-state index in [4.69, 9.17) is 0 Å². The van der Waals surface area contributed by atoms with Gasteiger partial charge in [-0.25, -0.2) is 4.98 Å². The summed E-state index contributed by atoms with van der Waals surface area (Å²) >= 11 is 0. The summed E-state index contributed by atoms with van der Waals surface area (Å²) in [6.07, 6.45) is 3.19. The lowest BCUT2D eigenvalue weighted by molar-refractivity contribution is -0.384. The van der Waals surface area contributed by atoms with E-state index in [9.17, 15) is 20.0 Å². The van der Waals surface area contributed by atoms with Gasteiger partial charge < -0.3 is 10.4 Å². The van der Waals surface area contributed by atoms with Gasteiger partial charge in [-0.05, 0) is 37.1 Å². The van der Waals surface area contributed by atoms with Crippen molar-refractivity contribution in [1.29, 1.82) is 0 Å². The minimum atomic E-state index is -0.589. The van der Waals surface area contributed by atoms with Crippen molar-refractivity contribution >= 4 is 22.9 Å². The second-order valence-corrected chi connectivity index (χ2v) is 6.00. The summed E-state index contributed by atoms with van der Waals surface area (Å²) in [6, 6.07) is 7.22. The van der Waals surface area contributed by atoms with Crippen LogP contribution in [0, 0.1) is 17.0 Å². The fourth-order valence-corrected chi connectivity index (χ4v) is 2.77. The van der Waals surface area contributed by atoms with Crippen molar-refractivity contribution in [3.8, 4) is 5.75 Å². The number of anilines is 1. The van der Waals surface area contributed by atoms with Crippen molar-refractivity contribution in [3.63, 3.8) is 0 Å². The smallest absolute Gasteiger partial charge is 0.274 e. The Morgan fingerprint density at radius 2 is 2.12 bits per heavy atom. The number of phenols is 1. The van der Waals surface area contributed by atoms with Crippen molar-refractivity contribution in [2.75, 3.05) is 5.32 Å². The van der Waals surface area contributed by atoms with Crippen LogP contribution in [-0.4, -0.2) is 25.3 Å². The van der Waals surface area contributed by atoms with Crippen LogP contribution >= 0.6 is 0 Å². The number of aromatic nitrogens is 2. The lowest BCUT2D eigenvalue weighted by atomic mass is 10.2. The average Bonchev–Trinajstić information content (AvgIpc) is 2.94. The first-order valence-corrected chi connectivity index (χ1v) is 8.17. The van der Waals surface area contributed by atoms with Gasteiger partial charge in [0, 0.05) is 18.3 Å². The lowest BCUT2D eigenvalue weighted by Crippen LogP contribution is -2.16. The summed E-state index contributed by atoms with van der Waals surface area (Å²) in [6.45, 7) is 3.93. The number of pyridine rings is 1. The summed E-state index contributed by atoms with van der Waals surface area (Å²) in [5.74, 6) is -0.730. The van der Waals surface area contributed by atoms with E-state index in [1.54, 1.807) is 10.6 Å². The van der Waals surface area contributed by atoms with Gasteiger partial charge >= 0.3 is 0 Å². The number of carbonyl (C=O) groups is 1. The lowest BCUT2D eigenvalue weighted by Gasteiger charge is -2.08. The number of nitrogens with one attached hydrogen (secondary N) is 1. The fraction of sp³-hybridized carbons (Fsp3) is 0.222. The van der Waals surface area contributed by atoms with Gasteiger partial charge in [-0.15, -0.1) is 0 Å². The molecule has 0 aliphatic rings. The summed E-state index contributed by atoms with van der Waals surface area (Å²) in [5, 5.41) is 23.4. The van der Waals surface area contributed by atoms with Gasteiger partial charge in [0.25, 0.3) is 11.6 Å². The summed E-state index contributed by atoms with van der Waals surface area (Å²) in [5.41, 5.74) is 2.43. The van der Waals surface area contributed by atoms with Crippen molar-refractivity contribution < 1.29 is 14.8 Å². The van der Waals surface area contributed by atoms with E-state index in [0.29, 0.717) is 23.5 Å². The van der Waals surface area contributed by atoms with E-state index in [-0.39, 0.29) is 17.1 Å². The summed E-state index contributed by atoms with van der Waals surface area (Å²) in [4.78, 5) is 27.7. The number of amides is 1. The number of benzene rings is 1. The second kappa shape index (κ2) is 6.83. The van der Waals surface area contributed by atoms with Crippen LogP contribution in [0.25, 0.3) is 5.65 Å². The fourth-order valence-electron chi connectivity index (χ4n) is 2.77. The first kappa shape index (κ1) is 17.4. The standard InChI is InChI=1S/C18H18N4O4/c1-3-4-13-17(21-8-7-11(2)9-16(21)19-13)18(24)20-14-10-12(22(25)26)5-6-15(14)23/h5-10,23H,3-4H2,1-2H3,(H,20,24). The number of aromatic hydroxyl groups is 1. The monoisotopic (exact) mass is 354 g/mol. The topological polar surface area (TPSA) is 110 Å². The van der Waals surface area contributed by atoms with Crippen molar-refractivity contribution in [2.24, 2.45) is 0 Å². The Morgan fingerprint density at radius 3 is 2.81 bits per heavy atom. The largest absolute Gasteiger partial charge is 0.506 e. The molecule has 0 aliphatic carbocycles. The van der Waals surface area contributed by atoms with E-state index in [1.165, 1.54) is 12.1 Å². The number of nitro benzene ring substituents is 1. The molecule has 134 valence electrons. The highest BCUT2D eigenvalue weighted by atomic mass is 16.6. The van der Waals surface area contributed by atoms with Gasteiger partial charge in [-0.1, -0.05) is 13.3 Å². The van der Waals surface area contributed by atoms with E-state index in [1.807, 2.05) is 26.0 Å². The molecule has 3 aromatic rings.